The molecule has 5 nitrogen and oxygen atoms in total. The normalized spacial score (nSPS) is 10.7. The van der Waals surface area contributed by atoms with Gasteiger partial charge < -0.3 is 14.7 Å². The molecule has 0 saturated heterocycles. The number of amides is 2. The summed E-state index contributed by atoms with van der Waals surface area (Å²) in [5, 5.41) is 0. The number of carbonyl (C=O) groups excluding carboxylic acids is 2. The van der Waals surface area contributed by atoms with Gasteiger partial charge in [0.1, 0.15) is 0 Å². The number of nitrogens with zero attached hydrogens (tertiary/aromatic N) is 3. The van der Waals surface area contributed by atoms with E-state index < -0.39 is 0 Å². The molecule has 0 fully saturated rings. The molecule has 0 spiro atoms. The summed E-state index contributed by atoms with van der Waals surface area (Å²) in [6, 6.07) is 0. The highest BCUT2D eigenvalue weighted by Gasteiger charge is 2.17. The maximum atomic E-state index is 12.1. The summed E-state index contributed by atoms with van der Waals surface area (Å²) in [6.07, 6.45) is 3.39. The van der Waals surface area contributed by atoms with Crippen LogP contribution >= 0.6 is 0 Å². The zero-order chi connectivity index (χ0) is 15.5. The van der Waals surface area contributed by atoms with Crippen molar-refractivity contribution in [3.05, 3.63) is 0 Å². The van der Waals surface area contributed by atoms with Crippen molar-refractivity contribution >= 4 is 11.8 Å². The SMILES string of the molecule is CCCCC(=O)N(CC)CC(=O)N(C)CCCN(C)C. The van der Waals surface area contributed by atoms with Gasteiger partial charge in [0.05, 0.1) is 6.54 Å². The van der Waals surface area contributed by atoms with Gasteiger partial charge in [-0.1, -0.05) is 13.3 Å². The molecule has 0 bridgehead atoms. The first-order valence-corrected chi connectivity index (χ1v) is 7.58. The molecule has 0 rings (SSSR count). The quantitative estimate of drug-likeness (QED) is 0.610. The Hall–Kier alpha value is -1.10. The van der Waals surface area contributed by atoms with Crippen LogP contribution < -0.4 is 0 Å². The zero-order valence-corrected chi connectivity index (χ0v) is 13.8. The Kier molecular flexibility index (Phi) is 10.1. The molecule has 2 amide bonds. The molecular formula is C15H31N3O2. The molecule has 0 unspecified atom stereocenters. The maximum Gasteiger partial charge on any atom is 0.241 e. The minimum absolute atomic E-state index is 0.0236. The minimum atomic E-state index is 0.0236. The number of rotatable bonds is 10. The molecule has 0 aromatic heterocycles. The van der Waals surface area contributed by atoms with Crippen LogP contribution in [0.25, 0.3) is 0 Å². The number of carbonyl (C=O) groups is 2. The zero-order valence-electron chi connectivity index (χ0n) is 13.8. The van der Waals surface area contributed by atoms with E-state index in [1.54, 1.807) is 9.80 Å². The highest BCUT2D eigenvalue weighted by molar-refractivity contribution is 5.84. The van der Waals surface area contributed by atoms with Crippen molar-refractivity contribution in [2.45, 2.75) is 39.5 Å². The van der Waals surface area contributed by atoms with Gasteiger partial charge in [0, 0.05) is 26.6 Å². The highest BCUT2D eigenvalue weighted by Crippen LogP contribution is 2.02. The van der Waals surface area contributed by atoms with Gasteiger partial charge in [0.15, 0.2) is 0 Å². The summed E-state index contributed by atoms with van der Waals surface area (Å²) < 4.78 is 0. The second kappa shape index (κ2) is 10.7. The molecular weight excluding hydrogens is 254 g/mol. The standard InChI is InChI=1S/C15H31N3O2/c1-6-8-10-14(19)18(7-2)13-15(20)17(5)12-9-11-16(3)4/h6-13H2,1-5H3. The number of hydrogen-bond donors (Lipinski definition) is 0. The van der Waals surface area contributed by atoms with E-state index in [0.29, 0.717) is 13.0 Å². The van der Waals surface area contributed by atoms with E-state index in [9.17, 15) is 9.59 Å². The highest BCUT2D eigenvalue weighted by atomic mass is 16.2. The summed E-state index contributed by atoms with van der Waals surface area (Å²) in [5.41, 5.74) is 0. The summed E-state index contributed by atoms with van der Waals surface area (Å²) >= 11 is 0. The number of hydrogen-bond acceptors (Lipinski definition) is 3. The number of unbranched alkanes of at least 4 members (excludes halogenated alkanes) is 1. The van der Waals surface area contributed by atoms with Gasteiger partial charge in [-0.2, -0.15) is 0 Å². The Morgan fingerprint density at radius 2 is 1.55 bits per heavy atom. The van der Waals surface area contributed by atoms with Crippen LogP contribution in [0.1, 0.15) is 39.5 Å². The van der Waals surface area contributed by atoms with Crippen molar-refractivity contribution in [2.75, 3.05) is 47.3 Å². The van der Waals surface area contributed by atoms with Crippen LogP contribution in [0.5, 0.6) is 0 Å². The van der Waals surface area contributed by atoms with Gasteiger partial charge >= 0.3 is 0 Å². The lowest BCUT2D eigenvalue weighted by Crippen LogP contribution is -2.42. The van der Waals surface area contributed by atoms with Crippen LogP contribution in [-0.2, 0) is 9.59 Å². The van der Waals surface area contributed by atoms with Crippen LogP contribution in [0.4, 0.5) is 0 Å². The minimum Gasteiger partial charge on any atom is -0.344 e. The molecule has 0 aliphatic heterocycles. The van der Waals surface area contributed by atoms with Crippen LogP contribution in [0.2, 0.25) is 0 Å². The third-order valence-electron chi connectivity index (χ3n) is 3.33. The number of likely N-dealkylation sites (N-methyl/N-ethyl adjacent to an activating group) is 2. The largest absolute Gasteiger partial charge is 0.344 e. The van der Waals surface area contributed by atoms with Crippen molar-refractivity contribution in [3.63, 3.8) is 0 Å². The molecule has 0 N–H and O–H groups in total. The van der Waals surface area contributed by atoms with E-state index >= 15 is 0 Å². The second-order valence-electron chi connectivity index (χ2n) is 5.48. The lowest BCUT2D eigenvalue weighted by Gasteiger charge is -2.24. The lowest BCUT2D eigenvalue weighted by molar-refractivity contribution is -0.139. The monoisotopic (exact) mass is 285 g/mol. The van der Waals surface area contributed by atoms with E-state index in [4.69, 9.17) is 0 Å². The molecule has 0 radical (unpaired) electrons. The molecule has 20 heavy (non-hydrogen) atoms. The lowest BCUT2D eigenvalue weighted by atomic mass is 10.2. The van der Waals surface area contributed by atoms with Crippen LogP contribution in [-0.4, -0.2) is 73.8 Å². The van der Waals surface area contributed by atoms with Crippen molar-refractivity contribution in [1.29, 1.82) is 0 Å². The fourth-order valence-corrected chi connectivity index (χ4v) is 1.90. The van der Waals surface area contributed by atoms with E-state index in [1.165, 1.54) is 0 Å². The average molecular weight is 285 g/mol. The molecule has 0 heterocycles. The summed E-state index contributed by atoms with van der Waals surface area (Å²) in [4.78, 5) is 29.5. The first kappa shape index (κ1) is 18.9. The molecule has 0 aliphatic rings. The van der Waals surface area contributed by atoms with Gasteiger partial charge in [0.25, 0.3) is 0 Å². The fourth-order valence-electron chi connectivity index (χ4n) is 1.90. The smallest absolute Gasteiger partial charge is 0.241 e. The van der Waals surface area contributed by atoms with Crippen LogP contribution in [0.3, 0.4) is 0 Å². The Morgan fingerprint density at radius 1 is 0.900 bits per heavy atom. The van der Waals surface area contributed by atoms with E-state index in [-0.39, 0.29) is 18.4 Å². The first-order chi connectivity index (χ1) is 9.42. The molecule has 0 aliphatic carbocycles. The van der Waals surface area contributed by atoms with Gasteiger partial charge in [-0.3, -0.25) is 9.59 Å². The molecule has 0 atom stereocenters. The Morgan fingerprint density at radius 3 is 2.05 bits per heavy atom. The molecule has 118 valence electrons. The van der Waals surface area contributed by atoms with Gasteiger partial charge in [0.2, 0.25) is 11.8 Å². The average Bonchev–Trinajstić information content (AvgIpc) is 2.41. The van der Waals surface area contributed by atoms with Gasteiger partial charge in [-0.25, -0.2) is 0 Å². The summed E-state index contributed by atoms with van der Waals surface area (Å²) in [5.74, 6) is 0.111. The Bertz CT molecular complexity index is 293. The third kappa shape index (κ3) is 8.15. The van der Waals surface area contributed by atoms with E-state index in [1.807, 2.05) is 28.1 Å². The third-order valence-corrected chi connectivity index (χ3v) is 3.33. The Labute approximate surface area is 123 Å². The molecule has 5 heteroatoms. The van der Waals surface area contributed by atoms with Gasteiger partial charge in [-0.15, -0.1) is 0 Å². The van der Waals surface area contributed by atoms with E-state index in [2.05, 4.69) is 11.8 Å². The summed E-state index contributed by atoms with van der Waals surface area (Å²) in [6.45, 7) is 6.48. The predicted molar refractivity (Wildman–Crippen MR) is 82.6 cm³/mol. The molecule has 0 aromatic carbocycles. The van der Waals surface area contributed by atoms with Crippen molar-refractivity contribution < 1.29 is 9.59 Å². The topological polar surface area (TPSA) is 43.9 Å². The second-order valence-corrected chi connectivity index (χ2v) is 5.48. The van der Waals surface area contributed by atoms with Gasteiger partial charge in [-0.05, 0) is 40.4 Å². The van der Waals surface area contributed by atoms with Crippen LogP contribution in [0.15, 0.2) is 0 Å². The fraction of sp³-hybridized carbons (Fsp3) is 0.867. The van der Waals surface area contributed by atoms with Crippen molar-refractivity contribution in [3.8, 4) is 0 Å². The van der Waals surface area contributed by atoms with E-state index in [0.717, 1.165) is 32.4 Å². The summed E-state index contributed by atoms with van der Waals surface area (Å²) in [7, 11) is 5.85. The Balaban J connectivity index is 4.15. The first-order valence-electron chi connectivity index (χ1n) is 7.58. The molecule has 0 aromatic rings. The van der Waals surface area contributed by atoms with Crippen molar-refractivity contribution in [1.82, 2.24) is 14.7 Å². The predicted octanol–water partition coefficient (Wildman–Crippen LogP) is 1.44. The maximum absolute atomic E-state index is 12.1. The molecule has 0 saturated carbocycles. The van der Waals surface area contributed by atoms with Crippen molar-refractivity contribution in [2.24, 2.45) is 0 Å². The van der Waals surface area contributed by atoms with Crippen LogP contribution in [0, 0.1) is 0 Å².